The van der Waals surface area contributed by atoms with Gasteiger partial charge in [-0.25, -0.2) is 0 Å². The minimum Gasteiger partial charge on any atom is -0.348 e. The monoisotopic (exact) mass is 280 g/mol. The second-order valence-electron chi connectivity index (χ2n) is 5.20. The highest BCUT2D eigenvalue weighted by Gasteiger charge is 2.16. The van der Waals surface area contributed by atoms with E-state index >= 15 is 0 Å². The molecular formula is C15H21ClN2O. The van der Waals surface area contributed by atoms with E-state index in [0.29, 0.717) is 17.6 Å². The van der Waals surface area contributed by atoms with E-state index in [0.717, 1.165) is 5.56 Å². The maximum absolute atomic E-state index is 11.9. The van der Waals surface area contributed by atoms with E-state index in [1.54, 1.807) is 0 Å². The molecule has 104 valence electrons. The molecule has 1 amide bonds. The van der Waals surface area contributed by atoms with Crippen molar-refractivity contribution in [2.24, 2.45) is 0 Å². The van der Waals surface area contributed by atoms with E-state index in [9.17, 15) is 4.79 Å². The highest BCUT2D eigenvalue weighted by atomic mass is 35.5. The Morgan fingerprint density at radius 2 is 1.95 bits per heavy atom. The first-order valence-corrected chi connectivity index (χ1v) is 7.31. The van der Waals surface area contributed by atoms with Gasteiger partial charge in [0.15, 0.2) is 0 Å². The van der Waals surface area contributed by atoms with Crippen LogP contribution in [-0.4, -0.2) is 18.5 Å². The van der Waals surface area contributed by atoms with Crippen LogP contribution in [0.4, 0.5) is 0 Å². The number of hydrogen-bond donors (Lipinski definition) is 2. The van der Waals surface area contributed by atoms with E-state index < -0.39 is 0 Å². The standard InChI is InChI=1S/C15H21ClN2O/c1-11(12-6-8-13(16)9-7-12)18-15(19)10-17-14-4-2-3-5-14/h6-9,11,14,17H,2-5,10H2,1H3,(H,18,19)/t11-/m1/s1. The number of amides is 1. The molecule has 2 N–H and O–H groups in total. The zero-order valence-corrected chi connectivity index (χ0v) is 12.0. The lowest BCUT2D eigenvalue weighted by atomic mass is 10.1. The van der Waals surface area contributed by atoms with Gasteiger partial charge in [-0.15, -0.1) is 0 Å². The molecule has 0 aromatic heterocycles. The van der Waals surface area contributed by atoms with E-state index in [-0.39, 0.29) is 11.9 Å². The van der Waals surface area contributed by atoms with Gasteiger partial charge < -0.3 is 10.6 Å². The van der Waals surface area contributed by atoms with Crippen molar-refractivity contribution in [1.82, 2.24) is 10.6 Å². The smallest absolute Gasteiger partial charge is 0.234 e. The molecule has 1 aromatic rings. The van der Waals surface area contributed by atoms with E-state index in [1.165, 1.54) is 25.7 Å². The largest absolute Gasteiger partial charge is 0.348 e. The Morgan fingerprint density at radius 1 is 1.32 bits per heavy atom. The van der Waals surface area contributed by atoms with Crippen LogP contribution >= 0.6 is 11.6 Å². The third kappa shape index (κ3) is 4.51. The molecule has 1 aromatic carbocycles. The summed E-state index contributed by atoms with van der Waals surface area (Å²) in [6.07, 6.45) is 4.95. The molecule has 3 nitrogen and oxygen atoms in total. The van der Waals surface area contributed by atoms with Crippen LogP contribution in [0.2, 0.25) is 5.02 Å². The van der Waals surface area contributed by atoms with Gasteiger partial charge in [-0.05, 0) is 37.5 Å². The second kappa shape index (κ2) is 6.92. The summed E-state index contributed by atoms with van der Waals surface area (Å²) in [6, 6.07) is 8.11. The number of carbonyl (C=O) groups excluding carboxylic acids is 1. The molecule has 1 aliphatic rings. The summed E-state index contributed by atoms with van der Waals surface area (Å²) >= 11 is 5.85. The van der Waals surface area contributed by atoms with Crippen molar-refractivity contribution < 1.29 is 4.79 Å². The third-order valence-corrected chi connectivity index (χ3v) is 3.91. The van der Waals surface area contributed by atoms with E-state index in [1.807, 2.05) is 31.2 Å². The van der Waals surface area contributed by atoms with Crippen molar-refractivity contribution >= 4 is 17.5 Å². The van der Waals surface area contributed by atoms with E-state index in [4.69, 9.17) is 11.6 Å². The number of nitrogens with one attached hydrogen (secondary N) is 2. The van der Waals surface area contributed by atoms with Crippen molar-refractivity contribution in [3.8, 4) is 0 Å². The van der Waals surface area contributed by atoms with Crippen LogP contribution in [0.1, 0.15) is 44.2 Å². The highest BCUT2D eigenvalue weighted by Crippen LogP contribution is 2.18. The molecule has 0 heterocycles. The molecule has 1 fully saturated rings. The van der Waals surface area contributed by atoms with Gasteiger partial charge in [0.1, 0.15) is 0 Å². The average Bonchev–Trinajstić information content (AvgIpc) is 2.90. The second-order valence-corrected chi connectivity index (χ2v) is 5.64. The minimum atomic E-state index is 0.00939. The first-order valence-electron chi connectivity index (χ1n) is 6.93. The van der Waals surface area contributed by atoms with Crippen LogP contribution in [0.3, 0.4) is 0 Å². The van der Waals surface area contributed by atoms with Gasteiger partial charge in [0, 0.05) is 11.1 Å². The topological polar surface area (TPSA) is 41.1 Å². The highest BCUT2D eigenvalue weighted by molar-refractivity contribution is 6.30. The molecule has 0 unspecified atom stereocenters. The van der Waals surface area contributed by atoms with Crippen LogP contribution < -0.4 is 10.6 Å². The molecule has 1 saturated carbocycles. The van der Waals surface area contributed by atoms with E-state index in [2.05, 4.69) is 10.6 Å². The van der Waals surface area contributed by atoms with Gasteiger partial charge in [-0.1, -0.05) is 36.6 Å². The molecule has 0 aliphatic heterocycles. The lowest BCUT2D eigenvalue weighted by Gasteiger charge is -2.16. The zero-order chi connectivity index (χ0) is 13.7. The normalized spacial score (nSPS) is 17.4. The Kier molecular flexibility index (Phi) is 5.23. The number of halogens is 1. The van der Waals surface area contributed by atoms with Gasteiger partial charge in [0.2, 0.25) is 5.91 Å². The van der Waals surface area contributed by atoms with Gasteiger partial charge >= 0.3 is 0 Å². The number of rotatable bonds is 5. The van der Waals surface area contributed by atoms with Crippen LogP contribution in [0, 0.1) is 0 Å². The first-order chi connectivity index (χ1) is 9.15. The van der Waals surface area contributed by atoms with Crippen molar-refractivity contribution in [2.45, 2.75) is 44.7 Å². The molecule has 0 spiro atoms. The Labute approximate surface area is 119 Å². The maximum atomic E-state index is 11.9. The lowest BCUT2D eigenvalue weighted by molar-refractivity contribution is -0.121. The molecule has 2 rings (SSSR count). The average molecular weight is 281 g/mol. The van der Waals surface area contributed by atoms with Crippen molar-refractivity contribution in [3.05, 3.63) is 34.9 Å². The molecule has 0 bridgehead atoms. The molecule has 1 atom stereocenters. The minimum absolute atomic E-state index is 0.00939. The summed E-state index contributed by atoms with van der Waals surface area (Å²) in [6.45, 7) is 2.39. The van der Waals surface area contributed by atoms with Crippen molar-refractivity contribution in [1.29, 1.82) is 0 Å². The van der Waals surface area contributed by atoms with Crippen LogP contribution in [0.15, 0.2) is 24.3 Å². The first kappa shape index (κ1) is 14.4. The maximum Gasteiger partial charge on any atom is 0.234 e. The third-order valence-electron chi connectivity index (χ3n) is 3.65. The predicted octanol–water partition coefficient (Wildman–Crippen LogP) is 3.05. The lowest BCUT2D eigenvalue weighted by Crippen LogP contribution is -2.39. The fourth-order valence-corrected chi connectivity index (χ4v) is 2.62. The summed E-state index contributed by atoms with van der Waals surface area (Å²) in [5.74, 6) is 0.0503. The summed E-state index contributed by atoms with van der Waals surface area (Å²) in [7, 11) is 0. The van der Waals surface area contributed by atoms with Crippen LogP contribution in [0.25, 0.3) is 0 Å². The van der Waals surface area contributed by atoms with Crippen LogP contribution in [0.5, 0.6) is 0 Å². The Morgan fingerprint density at radius 3 is 2.58 bits per heavy atom. The fraction of sp³-hybridized carbons (Fsp3) is 0.533. The van der Waals surface area contributed by atoms with Crippen molar-refractivity contribution in [2.75, 3.05) is 6.54 Å². The molecule has 19 heavy (non-hydrogen) atoms. The Hall–Kier alpha value is -1.06. The van der Waals surface area contributed by atoms with Gasteiger partial charge in [-0.2, -0.15) is 0 Å². The molecule has 4 heteroatoms. The summed E-state index contributed by atoms with van der Waals surface area (Å²) in [5, 5.41) is 7.02. The molecule has 0 saturated heterocycles. The molecule has 0 radical (unpaired) electrons. The molecule has 1 aliphatic carbocycles. The Balaban J connectivity index is 1.76. The number of carbonyl (C=O) groups is 1. The van der Waals surface area contributed by atoms with Gasteiger partial charge in [0.25, 0.3) is 0 Å². The predicted molar refractivity (Wildman–Crippen MR) is 78.3 cm³/mol. The quantitative estimate of drug-likeness (QED) is 0.870. The summed E-state index contributed by atoms with van der Waals surface area (Å²) in [5.41, 5.74) is 1.07. The van der Waals surface area contributed by atoms with Crippen LogP contribution in [-0.2, 0) is 4.79 Å². The summed E-state index contributed by atoms with van der Waals surface area (Å²) < 4.78 is 0. The SMILES string of the molecule is C[C@@H](NC(=O)CNC1CCCC1)c1ccc(Cl)cc1. The van der Waals surface area contributed by atoms with Crippen molar-refractivity contribution in [3.63, 3.8) is 0 Å². The van der Waals surface area contributed by atoms with Gasteiger partial charge in [0.05, 0.1) is 12.6 Å². The Bertz CT molecular complexity index is 413. The molecular weight excluding hydrogens is 260 g/mol. The van der Waals surface area contributed by atoms with Gasteiger partial charge in [-0.3, -0.25) is 4.79 Å². The number of hydrogen-bond acceptors (Lipinski definition) is 2. The fourth-order valence-electron chi connectivity index (χ4n) is 2.49. The zero-order valence-electron chi connectivity index (χ0n) is 11.3. The number of benzene rings is 1. The summed E-state index contributed by atoms with van der Waals surface area (Å²) in [4.78, 5) is 11.9.